The zero-order valence-electron chi connectivity index (χ0n) is 43.8. The molecule has 0 spiro atoms. The number of hydrogen-bond donors (Lipinski definition) is 0. The highest BCUT2D eigenvalue weighted by atomic mass is 32.1. The number of hydrogen-bond acceptors (Lipinski definition) is 6. The smallest absolute Gasteiger partial charge is 0.0729 e. The Morgan fingerprint density at radius 3 is 1.37 bits per heavy atom. The van der Waals surface area contributed by atoms with Gasteiger partial charge in [-0.1, -0.05) is 121 Å². The summed E-state index contributed by atoms with van der Waals surface area (Å²) in [6.07, 6.45) is 0. The van der Waals surface area contributed by atoms with E-state index in [2.05, 4.69) is 253 Å². The minimum absolute atomic E-state index is 1.14. The van der Waals surface area contributed by atoms with Crippen molar-refractivity contribution in [3.63, 3.8) is 0 Å². The summed E-state index contributed by atoms with van der Waals surface area (Å²) < 4.78 is 13.2. The van der Waals surface area contributed by atoms with Crippen LogP contribution in [0.2, 0.25) is 0 Å². The molecule has 0 fully saturated rings. The number of anilines is 6. The maximum Gasteiger partial charge on any atom is 0.0729 e. The quantitative estimate of drug-likeness (QED) is 0.154. The van der Waals surface area contributed by atoms with Crippen LogP contribution in [-0.4, -0.2) is 4.40 Å². The van der Waals surface area contributed by atoms with Crippen LogP contribution in [0.5, 0.6) is 0 Å². The third-order valence-electron chi connectivity index (χ3n) is 17.8. The number of aromatic nitrogens is 1. The highest BCUT2D eigenvalue weighted by molar-refractivity contribution is 7.28. The lowest BCUT2D eigenvalue weighted by atomic mass is 9.89. The van der Waals surface area contributed by atoms with E-state index in [1.807, 2.05) is 45.3 Å². The lowest BCUT2D eigenvalue weighted by Crippen LogP contribution is -2.10. The molecule has 13 aromatic carbocycles. The number of benzene rings is 12. The first-order valence-corrected chi connectivity index (χ1v) is 30.9. The predicted octanol–water partition coefficient (Wildman–Crippen LogP) is 23.6. The molecule has 19 rings (SSSR count). The fraction of sp³-hybridized carbons (Fsp3) is 0.0270. The molecule has 81 heavy (non-hydrogen) atoms. The maximum atomic E-state index is 2.69. The van der Waals surface area contributed by atoms with Crippen LogP contribution < -0.4 is 9.80 Å². The number of aryl methyl sites for hydroxylation is 2. The largest absolute Gasteiger partial charge is 0.310 e. The van der Waals surface area contributed by atoms with E-state index < -0.39 is 0 Å². The molecule has 0 bridgehead atoms. The molecule has 6 heterocycles. The van der Waals surface area contributed by atoms with Crippen LogP contribution in [0.4, 0.5) is 34.1 Å². The molecule has 0 unspecified atom stereocenters. The summed E-state index contributed by atoms with van der Waals surface area (Å²) in [6, 6.07) is 84.4. The topological polar surface area (TPSA) is 10.9 Å². The first-order chi connectivity index (χ1) is 40.0. The molecule has 19 aromatic rings. The molecule has 0 N–H and O–H groups in total. The molecule has 0 aliphatic carbocycles. The normalized spacial score (nSPS) is 12.6. The molecule has 0 aliphatic rings. The van der Waals surface area contributed by atoms with E-state index >= 15 is 0 Å². The molecule has 7 heteroatoms. The highest BCUT2D eigenvalue weighted by Crippen LogP contribution is 2.57. The monoisotopic (exact) mass is 1100 g/mol. The van der Waals surface area contributed by atoms with Crippen molar-refractivity contribution in [2.75, 3.05) is 9.80 Å². The average Bonchev–Trinajstić information content (AvgIpc) is 3.16. The lowest BCUT2D eigenvalue weighted by molar-refractivity contribution is 1.30. The molecule has 0 aliphatic heterocycles. The second-order valence-corrected chi connectivity index (χ2v) is 26.1. The Bertz CT molecular complexity index is 5880. The minimum atomic E-state index is 1.14. The fourth-order valence-electron chi connectivity index (χ4n) is 14.4. The van der Waals surface area contributed by atoms with Crippen molar-refractivity contribution in [2.45, 2.75) is 13.8 Å². The number of rotatable bonds is 6. The summed E-state index contributed by atoms with van der Waals surface area (Å²) in [5, 5.41) is 21.0. The van der Waals surface area contributed by atoms with E-state index in [4.69, 9.17) is 0 Å². The highest BCUT2D eigenvalue weighted by Gasteiger charge is 2.31. The summed E-state index contributed by atoms with van der Waals surface area (Å²) in [5.74, 6) is 0. The van der Waals surface area contributed by atoms with Crippen LogP contribution >= 0.6 is 45.3 Å². The van der Waals surface area contributed by atoms with Crippen LogP contribution in [0.3, 0.4) is 0 Å². The molecule has 0 atom stereocenters. The van der Waals surface area contributed by atoms with Gasteiger partial charge in [0.05, 0.1) is 32.6 Å². The van der Waals surface area contributed by atoms with Gasteiger partial charge in [0.2, 0.25) is 0 Å². The number of para-hydroxylation sites is 2. The van der Waals surface area contributed by atoms with Crippen LogP contribution in [0.1, 0.15) is 11.1 Å². The zero-order valence-corrected chi connectivity index (χ0v) is 47.1. The first kappa shape index (κ1) is 44.7. The number of fused-ring (bicyclic) bond motifs is 21. The molecule has 0 amide bonds. The van der Waals surface area contributed by atoms with E-state index in [-0.39, 0.29) is 0 Å². The minimum Gasteiger partial charge on any atom is -0.310 e. The van der Waals surface area contributed by atoms with Gasteiger partial charge in [-0.2, -0.15) is 0 Å². The van der Waals surface area contributed by atoms with Crippen LogP contribution in [-0.2, 0) is 0 Å². The maximum absolute atomic E-state index is 2.69. The third kappa shape index (κ3) is 5.90. The van der Waals surface area contributed by atoms with Crippen molar-refractivity contribution in [3.8, 4) is 0 Å². The first-order valence-electron chi connectivity index (χ1n) is 27.7. The summed E-state index contributed by atoms with van der Waals surface area (Å²) in [6.45, 7) is 4.83. The van der Waals surface area contributed by atoms with Crippen LogP contribution in [0, 0.1) is 13.8 Å². The van der Waals surface area contributed by atoms with E-state index in [1.54, 1.807) is 0 Å². The second-order valence-electron chi connectivity index (χ2n) is 21.9. The van der Waals surface area contributed by atoms with Gasteiger partial charge in [-0.05, 0) is 150 Å². The molecule has 0 radical (unpaired) electrons. The van der Waals surface area contributed by atoms with Gasteiger partial charge in [0.1, 0.15) is 0 Å². The number of thiophene rings is 4. The molecule has 0 saturated carbocycles. The van der Waals surface area contributed by atoms with Crippen molar-refractivity contribution < 1.29 is 0 Å². The van der Waals surface area contributed by atoms with Gasteiger partial charge in [-0.15, -0.1) is 45.3 Å². The predicted molar refractivity (Wildman–Crippen MR) is 358 cm³/mol. The SMILES string of the molecule is Cc1c2cc3c4c5ccccc5sc4c4c(N(c5ccccc5)c5ccc6sc7ccccc7c6c5)ccc(c2c(C)c2c1c1ccc(N(c5ccccc5)c5ccc6sc7ccccc7c6c5)c5c6sc7ccccc7c6n2c15)c34. The van der Waals surface area contributed by atoms with Gasteiger partial charge in [0.15, 0.2) is 0 Å². The third-order valence-corrected chi connectivity index (χ3v) is 22.4. The average molecular weight is 1100 g/mol. The van der Waals surface area contributed by atoms with Gasteiger partial charge in [0, 0.05) is 120 Å². The van der Waals surface area contributed by atoms with E-state index in [9.17, 15) is 0 Å². The molecule has 3 nitrogen and oxygen atoms in total. The van der Waals surface area contributed by atoms with E-state index in [0.29, 0.717) is 0 Å². The number of nitrogens with zero attached hydrogens (tertiary/aromatic N) is 3. The van der Waals surface area contributed by atoms with Crippen molar-refractivity contribution in [1.82, 2.24) is 4.40 Å². The Balaban J connectivity index is 0.935. The van der Waals surface area contributed by atoms with Gasteiger partial charge >= 0.3 is 0 Å². The van der Waals surface area contributed by atoms with Crippen molar-refractivity contribution >= 4 is 220 Å². The Hall–Kier alpha value is -9.08. The standard InChI is InChI=1S/C74H43N3S4/c1-40-52-39-55-66-50(31-33-56(68(66)73-67(55)48-23-11-15-27-60(48)80-73)75(42-17-5-3-6-18-42)44-29-35-62-53(37-44)46-21-9-13-25-58(46)78-62)64(52)41(2)70-65(40)51-32-34-57(69-71(51)77(70)72-49-24-12-16-28-61(49)81-74(69)72)76(43-19-7-4-8-20-43)45-30-36-63-54(38-45)47-22-10-14-26-59(47)79-63/h3-39H,1-2H3. The molecular formula is C74H43N3S4. The van der Waals surface area contributed by atoms with Gasteiger partial charge < -0.3 is 14.2 Å². The summed E-state index contributed by atoms with van der Waals surface area (Å²) in [5.41, 5.74) is 13.5. The molecule has 378 valence electrons. The van der Waals surface area contributed by atoms with Crippen molar-refractivity contribution in [2.24, 2.45) is 0 Å². The van der Waals surface area contributed by atoms with Crippen molar-refractivity contribution in [1.29, 1.82) is 0 Å². The molecular weight excluding hydrogens is 1060 g/mol. The Labute approximate surface area is 479 Å². The summed E-state index contributed by atoms with van der Waals surface area (Å²) >= 11 is 7.62. The second kappa shape index (κ2) is 16.3. The van der Waals surface area contributed by atoms with Gasteiger partial charge in [-0.25, -0.2) is 0 Å². The summed E-state index contributed by atoms with van der Waals surface area (Å²) in [4.78, 5) is 5.04. The molecule has 6 aromatic heterocycles. The molecule has 0 saturated heterocycles. The van der Waals surface area contributed by atoms with Gasteiger partial charge in [-0.3, -0.25) is 0 Å². The Morgan fingerprint density at radius 2 is 0.753 bits per heavy atom. The summed E-state index contributed by atoms with van der Waals surface area (Å²) in [7, 11) is 0. The van der Waals surface area contributed by atoms with Crippen molar-refractivity contribution in [3.05, 3.63) is 236 Å². The zero-order chi connectivity index (χ0) is 52.9. The Kier molecular flexibility index (Phi) is 8.99. The van der Waals surface area contributed by atoms with Gasteiger partial charge in [0.25, 0.3) is 0 Å². The lowest BCUT2D eigenvalue weighted by Gasteiger charge is -2.27. The van der Waals surface area contributed by atoms with Crippen LogP contribution in [0.25, 0.3) is 140 Å². The fourth-order valence-corrected chi connectivity index (χ4v) is 19.1. The van der Waals surface area contributed by atoms with Crippen LogP contribution in [0.15, 0.2) is 224 Å². The van der Waals surface area contributed by atoms with E-state index in [0.717, 1.165) is 22.7 Å². The Morgan fingerprint density at radius 1 is 0.259 bits per heavy atom. The van der Waals surface area contributed by atoms with E-state index in [1.165, 1.54) is 163 Å².